The summed E-state index contributed by atoms with van der Waals surface area (Å²) >= 11 is 0. The van der Waals surface area contributed by atoms with Gasteiger partial charge in [-0.2, -0.15) is 0 Å². The maximum absolute atomic E-state index is 5.81. The molecule has 0 fully saturated rings. The highest BCUT2D eigenvalue weighted by molar-refractivity contribution is 6.79. The van der Waals surface area contributed by atoms with Crippen molar-refractivity contribution in [2.45, 2.75) is 39.3 Å². The van der Waals surface area contributed by atoms with Crippen LogP contribution in [-0.2, 0) is 4.43 Å². The van der Waals surface area contributed by atoms with E-state index in [1.54, 1.807) is 0 Å². The Labute approximate surface area is 71.6 Å². The van der Waals surface area contributed by atoms with Gasteiger partial charge in [0.25, 0.3) is 0 Å². The standard InChI is InChI=1S/C9H20OSi/c1-6-10-11(7-2,8-3)9(4)5/h7,9H,2,6,8H2,1,3-5H3. The molecule has 0 rings (SSSR count). The smallest absolute Gasteiger partial charge is 0.218 e. The molecule has 0 N–H and O–H groups in total. The molecular weight excluding hydrogens is 152 g/mol. The van der Waals surface area contributed by atoms with Crippen LogP contribution >= 0.6 is 0 Å². The molecule has 66 valence electrons. The molecule has 0 amide bonds. The second kappa shape index (κ2) is 4.73. The lowest BCUT2D eigenvalue weighted by Crippen LogP contribution is -2.38. The van der Waals surface area contributed by atoms with Crippen LogP contribution in [0.5, 0.6) is 0 Å². The summed E-state index contributed by atoms with van der Waals surface area (Å²) in [6.07, 6.45) is 0. The molecule has 0 aliphatic heterocycles. The normalized spacial score (nSPS) is 16.5. The topological polar surface area (TPSA) is 9.23 Å². The Bertz CT molecular complexity index is 123. The molecule has 1 nitrogen and oxygen atoms in total. The van der Waals surface area contributed by atoms with Crippen molar-refractivity contribution >= 4 is 8.32 Å². The molecule has 0 aromatic heterocycles. The van der Waals surface area contributed by atoms with E-state index in [-0.39, 0.29) is 0 Å². The summed E-state index contributed by atoms with van der Waals surface area (Å²) in [5.74, 6) is 0. The molecule has 0 heterocycles. The van der Waals surface area contributed by atoms with Gasteiger partial charge in [-0.1, -0.05) is 26.5 Å². The van der Waals surface area contributed by atoms with Crippen LogP contribution < -0.4 is 0 Å². The average molecular weight is 172 g/mol. The summed E-state index contributed by atoms with van der Waals surface area (Å²) < 4.78 is 5.81. The van der Waals surface area contributed by atoms with Crippen molar-refractivity contribution in [1.29, 1.82) is 0 Å². The summed E-state index contributed by atoms with van der Waals surface area (Å²) in [7, 11) is -1.56. The summed E-state index contributed by atoms with van der Waals surface area (Å²) in [6, 6.07) is 1.14. The fraction of sp³-hybridized carbons (Fsp3) is 0.778. The fourth-order valence-corrected chi connectivity index (χ4v) is 4.15. The molecule has 2 heteroatoms. The fourth-order valence-electron chi connectivity index (χ4n) is 1.38. The molecule has 1 unspecified atom stereocenters. The maximum Gasteiger partial charge on any atom is 0.218 e. The zero-order chi connectivity index (χ0) is 8.91. The number of hydrogen-bond acceptors (Lipinski definition) is 1. The lowest BCUT2D eigenvalue weighted by atomic mass is 10.6. The first-order valence-corrected chi connectivity index (χ1v) is 6.67. The molecule has 0 radical (unpaired) electrons. The van der Waals surface area contributed by atoms with Crippen LogP contribution in [0, 0.1) is 0 Å². The van der Waals surface area contributed by atoms with Crippen LogP contribution in [0.15, 0.2) is 12.3 Å². The SMILES string of the molecule is C=C[Si](CC)(OCC)C(C)C. The monoisotopic (exact) mass is 172 g/mol. The van der Waals surface area contributed by atoms with E-state index in [4.69, 9.17) is 4.43 Å². The van der Waals surface area contributed by atoms with Gasteiger partial charge in [-0.3, -0.25) is 0 Å². The van der Waals surface area contributed by atoms with Gasteiger partial charge in [-0.25, -0.2) is 0 Å². The first-order chi connectivity index (χ1) is 5.13. The zero-order valence-corrected chi connectivity index (χ0v) is 9.18. The predicted molar refractivity (Wildman–Crippen MR) is 53.2 cm³/mol. The molecule has 1 atom stereocenters. The largest absolute Gasteiger partial charge is 0.413 e. The molecular formula is C9H20OSi. The summed E-state index contributed by atoms with van der Waals surface area (Å²) in [4.78, 5) is 0. The lowest BCUT2D eigenvalue weighted by Gasteiger charge is -2.30. The van der Waals surface area contributed by atoms with Crippen molar-refractivity contribution in [3.63, 3.8) is 0 Å². The van der Waals surface area contributed by atoms with Gasteiger partial charge >= 0.3 is 0 Å². The van der Waals surface area contributed by atoms with Gasteiger partial charge in [0, 0.05) is 6.61 Å². The van der Waals surface area contributed by atoms with E-state index in [0.717, 1.165) is 12.7 Å². The third-order valence-corrected chi connectivity index (χ3v) is 6.87. The van der Waals surface area contributed by atoms with Gasteiger partial charge in [0.1, 0.15) is 0 Å². The molecule has 0 aromatic rings. The summed E-state index contributed by atoms with van der Waals surface area (Å²) in [6.45, 7) is 13.4. The molecule has 0 spiro atoms. The highest BCUT2D eigenvalue weighted by atomic mass is 28.4. The molecule has 0 saturated carbocycles. The van der Waals surface area contributed by atoms with E-state index in [2.05, 4.69) is 40.0 Å². The van der Waals surface area contributed by atoms with E-state index >= 15 is 0 Å². The Morgan fingerprint density at radius 2 is 2.00 bits per heavy atom. The van der Waals surface area contributed by atoms with Crippen molar-refractivity contribution in [1.82, 2.24) is 0 Å². The van der Waals surface area contributed by atoms with Crippen LogP contribution in [0.2, 0.25) is 11.6 Å². The Hall–Kier alpha value is -0.0831. The van der Waals surface area contributed by atoms with Gasteiger partial charge < -0.3 is 4.43 Å². The van der Waals surface area contributed by atoms with Crippen molar-refractivity contribution in [3.8, 4) is 0 Å². The third kappa shape index (κ3) is 2.45. The second-order valence-corrected chi connectivity index (χ2v) is 7.57. The first kappa shape index (κ1) is 10.9. The Morgan fingerprint density at radius 1 is 1.45 bits per heavy atom. The Balaban J connectivity index is 4.32. The minimum Gasteiger partial charge on any atom is -0.413 e. The van der Waals surface area contributed by atoms with E-state index < -0.39 is 8.32 Å². The average Bonchev–Trinajstić information content (AvgIpc) is 2.00. The predicted octanol–water partition coefficient (Wildman–Crippen LogP) is 3.12. The second-order valence-electron chi connectivity index (χ2n) is 3.10. The minimum absolute atomic E-state index is 0.643. The number of hydrogen-bond donors (Lipinski definition) is 0. The zero-order valence-electron chi connectivity index (χ0n) is 8.18. The quantitative estimate of drug-likeness (QED) is 0.579. The Morgan fingerprint density at radius 3 is 2.09 bits per heavy atom. The van der Waals surface area contributed by atoms with E-state index in [1.165, 1.54) is 0 Å². The summed E-state index contributed by atoms with van der Waals surface area (Å²) in [5, 5.41) is 0. The van der Waals surface area contributed by atoms with Gasteiger partial charge in [-0.15, -0.1) is 6.58 Å². The van der Waals surface area contributed by atoms with Crippen LogP contribution in [0.25, 0.3) is 0 Å². The highest BCUT2D eigenvalue weighted by Crippen LogP contribution is 2.26. The van der Waals surface area contributed by atoms with Crippen LogP contribution in [0.1, 0.15) is 27.7 Å². The van der Waals surface area contributed by atoms with E-state index in [9.17, 15) is 0 Å². The lowest BCUT2D eigenvalue weighted by molar-refractivity contribution is 0.322. The highest BCUT2D eigenvalue weighted by Gasteiger charge is 2.32. The molecule has 0 aliphatic rings. The third-order valence-electron chi connectivity index (χ3n) is 2.29. The van der Waals surface area contributed by atoms with Gasteiger partial charge in [0.05, 0.1) is 0 Å². The van der Waals surface area contributed by atoms with Crippen LogP contribution in [-0.4, -0.2) is 14.9 Å². The van der Waals surface area contributed by atoms with Gasteiger partial charge in [0.15, 0.2) is 0 Å². The first-order valence-electron chi connectivity index (χ1n) is 4.40. The van der Waals surface area contributed by atoms with Crippen molar-refractivity contribution in [2.24, 2.45) is 0 Å². The van der Waals surface area contributed by atoms with Gasteiger partial charge in [-0.05, 0) is 18.5 Å². The molecule has 0 aromatic carbocycles. The van der Waals surface area contributed by atoms with Crippen molar-refractivity contribution in [2.75, 3.05) is 6.61 Å². The minimum atomic E-state index is -1.56. The Kier molecular flexibility index (Phi) is 4.69. The van der Waals surface area contributed by atoms with E-state index in [0.29, 0.717) is 5.54 Å². The molecule has 0 bridgehead atoms. The van der Waals surface area contributed by atoms with Crippen LogP contribution in [0.4, 0.5) is 0 Å². The molecule has 11 heavy (non-hydrogen) atoms. The van der Waals surface area contributed by atoms with Gasteiger partial charge in [0.2, 0.25) is 8.32 Å². The molecule has 0 aliphatic carbocycles. The molecule has 0 saturated heterocycles. The summed E-state index contributed by atoms with van der Waals surface area (Å²) in [5.41, 5.74) is 2.71. The van der Waals surface area contributed by atoms with Crippen LogP contribution in [0.3, 0.4) is 0 Å². The van der Waals surface area contributed by atoms with Crippen molar-refractivity contribution < 1.29 is 4.43 Å². The maximum atomic E-state index is 5.81. The van der Waals surface area contributed by atoms with Crippen molar-refractivity contribution in [3.05, 3.63) is 12.3 Å². The van der Waals surface area contributed by atoms with E-state index in [1.807, 2.05) is 0 Å². The number of rotatable bonds is 5.